The molecule has 0 bridgehead atoms. The molecule has 0 aromatic carbocycles. The van der Waals surface area contributed by atoms with E-state index >= 15 is 0 Å². The predicted octanol–water partition coefficient (Wildman–Crippen LogP) is 2.71. The van der Waals surface area contributed by atoms with E-state index in [1.165, 1.54) is 24.2 Å². The summed E-state index contributed by atoms with van der Waals surface area (Å²) in [7, 11) is 0. The fraction of sp³-hybridized carbons (Fsp3) is 0.583. The molecule has 4 nitrogen and oxygen atoms in total. The molecule has 0 radical (unpaired) electrons. The number of anilines is 1. The average molecular weight is 249 g/mol. The van der Waals surface area contributed by atoms with Crippen LogP contribution in [0.2, 0.25) is 0 Å². The first kappa shape index (κ1) is 10.9. The van der Waals surface area contributed by atoms with E-state index in [0.29, 0.717) is 23.4 Å². The quantitative estimate of drug-likeness (QED) is 0.835. The van der Waals surface area contributed by atoms with Gasteiger partial charge in [-0.05, 0) is 31.6 Å². The fourth-order valence-electron chi connectivity index (χ4n) is 2.05. The standard InChI is InChI=1S/C12H15N3OS/c16-10(7-8-3-1-2-4-8)13-12-15-14-11(17-12)9-5-6-9/h1,3,8-9H,2,4-7H2,(H,13,15,16)/t8-/m1/s1. The molecule has 3 rings (SSSR count). The first-order valence-electron chi connectivity index (χ1n) is 6.11. The minimum atomic E-state index is 0.0556. The molecule has 0 spiro atoms. The average Bonchev–Trinajstić information content (AvgIpc) is 2.84. The highest BCUT2D eigenvalue weighted by Crippen LogP contribution is 2.42. The fourth-order valence-corrected chi connectivity index (χ4v) is 2.98. The van der Waals surface area contributed by atoms with Gasteiger partial charge in [0.1, 0.15) is 5.01 Å². The maximum atomic E-state index is 11.8. The molecule has 2 aliphatic rings. The molecule has 1 saturated carbocycles. The molecule has 1 amide bonds. The predicted molar refractivity (Wildman–Crippen MR) is 67.0 cm³/mol. The molecule has 5 heteroatoms. The van der Waals surface area contributed by atoms with Gasteiger partial charge in [-0.1, -0.05) is 23.5 Å². The van der Waals surface area contributed by atoms with Crippen LogP contribution in [0, 0.1) is 5.92 Å². The highest BCUT2D eigenvalue weighted by Gasteiger charge is 2.27. The summed E-state index contributed by atoms with van der Waals surface area (Å²) in [5.41, 5.74) is 0. The SMILES string of the molecule is O=C(C[C@@H]1C=CCC1)Nc1nnc(C2CC2)s1. The molecule has 2 aliphatic carbocycles. The third-order valence-electron chi connectivity index (χ3n) is 3.17. The number of nitrogens with zero attached hydrogens (tertiary/aromatic N) is 2. The summed E-state index contributed by atoms with van der Waals surface area (Å²) < 4.78 is 0. The zero-order valence-corrected chi connectivity index (χ0v) is 10.4. The van der Waals surface area contributed by atoms with E-state index in [9.17, 15) is 4.79 Å². The summed E-state index contributed by atoms with van der Waals surface area (Å²) in [5.74, 6) is 1.07. The summed E-state index contributed by atoms with van der Waals surface area (Å²) in [6.45, 7) is 0. The van der Waals surface area contributed by atoms with Crippen molar-refractivity contribution in [3.63, 3.8) is 0 Å². The lowest BCUT2D eigenvalue weighted by molar-refractivity contribution is -0.116. The molecule has 1 aromatic rings. The van der Waals surface area contributed by atoms with Crippen molar-refractivity contribution in [1.29, 1.82) is 0 Å². The Morgan fingerprint density at radius 3 is 3.00 bits per heavy atom. The van der Waals surface area contributed by atoms with Crippen LogP contribution in [0.5, 0.6) is 0 Å². The normalized spacial score (nSPS) is 22.9. The van der Waals surface area contributed by atoms with Crippen molar-refractivity contribution < 1.29 is 4.79 Å². The van der Waals surface area contributed by atoms with Crippen LogP contribution in [0.25, 0.3) is 0 Å². The van der Waals surface area contributed by atoms with Crippen LogP contribution in [0.3, 0.4) is 0 Å². The van der Waals surface area contributed by atoms with Crippen LogP contribution in [-0.2, 0) is 4.79 Å². The molecule has 1 N–H and O–H groups in total. The summed E-state index contributed by atoms with van der Waals surface area (Å²) in [4.78, 5) is 11.8. The minimum absolute atomic E-state index is 0.0556. The summed E-state index contributed by atoms with van der Waals surface area (Å²) in [5, 5.41) is 12.7. The van der Waals surface area contributed by atoms with E-state index in [4.69, 9.17) is 0 Å². The number of nitrogens with one attached hydrogen (secondary N) is 1. The van der Waals surface area contributed by atoms with Gasteiger partial charge in [0.05, 0.1) is 0 Å². The Morgan fingerprint density at radius 2 is 2.29 bits per heavy atom. The van der Waals surface area contributed by atoms with E-state index in [1.807, 2.05) is 0 Å². The van der Waals surface area contributed by atoms with E-state index < -0.39 is 0 Å². The van der Waals surface area contributed by atoms with Gasteiger partial charge in [-0.2, -0.15) is 0 Å². The number of carbonyl (C=O) groups excluding carboxylic acids is 1. The van der Waals surface area contributed by atoms with Crippen LogP contribution in [0.15, 0.2) is 12.2 Å². The molecule has 1 aromatic heterocycles. The Labute approximate surface area is 104 Å². The summed E-state index contributed by atoms with van der Waals surface area (Å²) in [6, 6.07) is 0. The molecule has 1 atom stereocenters. The Balaban J connectivity index is 1.53. The lowest BCUT2D eigenvalue weighted by Crippen LogP contribution is -2.14. The van der Waals surface area contributed by atoms with Crippen molar-refractivity contribution in [1.82, 2.24) is 10.2 Å². The number of hydrogen-bond donors (Lipinski definition) is 1. The van der Waals surface area contributed by atoms with Crippen molar-refractivity contribution in [3.8, 4) is 0 Å². The monoisotopic (exact) mass is 249 g/mol. The Kier molecular flexibility index (Phi) is 2.93. The molecule has 0 aliphatic heterocycles. The molecular formula is C12H15N3OS. The number of aromatic nitrogens is 2. The van der Waals surface area contributed by atoms with Crippen LogP contribution in [-0.4, -0.2) is 16.1 Å². The number of amides is 1. The van der Waals surface area contributed by atoms with E-state index in [2.05, 4.69) is 27.7 Å². The second-order valence-corrected chi connectivity index (χ2v) is 5.75. The summed E-state index contributed by atoms with van der Waals surface area (Å²) >= 11 is 1.52. The van der Waals surface area contributed by atoms with E-state index in [-0.39, 0.29) is 5.91 Å². The third kappa shape index (κ3) is 2.72. The van der Waals surface area contributed by atoms with Gasteiger partial charge in [-0.25, -0.2) is 0 Å². The Morgan fingerprint density at radius 1 is 1.41 bits per heavy atom. The van der Waals surface area contributed by atoms with Gasteiger partial charge in [-0.15, -0.1) is 10.2 Å². The number of allylic oxidation sites excluding steroid dienone is 2. The van der Waals surface area contributed by atoms with Gasteiger partial charge in [0.15, 0.2) is 0 Å². The second-order valence-electron chi connectivity index (χ2n) is 4.74. The number of hydrogen-bond acceptors (Lipinski definition) is 4. The molecule has 1 fully saturated rings. The van der Waals surface area contributed by atoms with Crippen molar-refractivity contribution >= 4 is 22.4 Å². The first-order chi connectivity index (χ1) is 8.31. The van der Waals surface area contributed by atoms with Crippen LogP contribution in [0.4, 0.5) is 5.13 Å². The second kappa shape index (κ2) is 4.56. The van der Waals surface area contributed by atoms with Crippen molar-refractivity contribution in [2.24, 2.45) is 5.92 Å². The maximum absolute atomic E-state index is 11.8. The maximum Gasteiger partial charge on any atom is 0.226 e. The van der Waals surface area contributed by atoms with Crippen molar-refractivity contribution in [3.05, 3.63) is 17.2 Å². The molecule has 0 unspecified atom stereocenters. The number of rotatable bonds is 4. The van der Waals surface area contributed by atoms with Gasteiger partial charge < -0.3 is 5.32 Å². The first-order valence-corrected chi connectivity index (χ1v) is 6.93. The smallest absolute Gasteiger partial charge is 0.226 e. The highest BCUT2D eigenvalue weighted by atomic mass is 32.1. The van der Waals surface area contributed by atoms with Crippen LogP contribution in [0.1, 0.15) is 43.0 Å². The largest absolute Gasteiger partial charge is 0.301 e. The van der Waals surface area contributed by atoms with Gasteiger partial charge >= 0.3 is 0 Å². The zero-order valence-electron chi connectivity index (χ0n) is 9.56. The topological polar surface area (TPSA) is 54.9 Å². The van der Waals surface area contributed by atoms with Gasteiger partial charge in [-0.3, -0.25) is 4.79 Å². The molecular weight excluding hydrogens is 234 g/mol. The Bertz CT molecular complexity index is 450. The number of carbonyl (C=O) groups is 1. The van der Waals surface area contributed by atoms with Crippen molar-refractivity contribution in [2.75, 3.05) is 5.32 Å². The third-order valence-corrected chi connectivity index (χ3v) is 4.17. The zero-order chi connectivity index (χ0) is 11.7. The van der Waals surface area contributed by atoms with Crippen LogP contribution < -0.4 is 5.32 Å². The van der Waals surface area contributed by atoms with Crippen LogP contribution >= 0.6 is 11.3 Å². The van der Waals surface area contributed by atoms with E-state index in [0.717, 1.165) is 17.8 Å². The summed E-state index contributed by atoms with van der Waals surface area (Å²) in [6.07, 6.45) is 9.47. The van der Waals surface area contributed by atoms with Crippen molar-refractivity contribution in [2.45, 2.75) is 38.0 Å². The lowest BCUT2D eigenvalue weighted by atomic mass is 10.1. The molecule has 0 saturated heterocycles. The van der Waals surface area contributed by atoms with Gasteiger partial charge in [0.2, 0.25) is 11.0 Å². The Hall–Kier alpha value is -1.23. The molecule has 90 valence electrons. The highest BCUT2D eigenvalue weighted by molar-refractivity contribution is 7.15. The van der Waals surface area contributed by atoms with E-state index in [1.54, 1.807) is 0 Å². The molecule has 1 heterocycles. The van der Waals surface area contributed by atoms with Gasteiger partial charge in [0.25, 0.3) is 0 Å². The molecule has 17 heavy (non-hydrogen) atoms. The minimum Gasteiger partial charge on any atom is -0.301 e. The lowest BCUT2D eigenvalue weighted by Gasteiger charge is -2.05. The van der Waals surface area contributed by atoms with Gasteiger partial charge in [0, 0.05) is 12.3 Å².